The van der Waals surface area contributed by atoms with Crippen molar-refractivity contribution in [3.63, 3.8) is 0 Å². The summed E-state index contributed by atoms with van der Waals surface area (Å²) >= 11 is 3.80. The summed E-state index contributed by atoms with van der Waals surface area (Å²) < 4.78 is 36.0. The molecule has 2 heterocycles. The van der Waals surface area contributed by atoms with E-state index in [9.17, 15) is 0 Å². The van der Waals surface area contributed by atoms with Gasteiger partial charge < -0.3 is 26.6 Å². The number of thiazole rings is 2. The highest BCUT2D eigenvalue weighted by molar-refractivity contribution is 9.09. The molecule has 59 heavy (non-hydrogen) atoms. The molecule has 0 aliphatic heterocycles. The van der Waals surface area contributed by atoms with E-state index in [1.54, 1.807) is 42.7 Å². The van der Waals surface area contributed by atoms with Gasteiger partial charge in [-0.1, -0.05) is 136 Å². The van der Waals surface area contributed by atoms with E-state index in [1.807, 2.05) is 54.1 Å². The Bertz CT molecular complexity index is 1470. The smallest absolute Gasteiger partial charge is 0.377 e. The van der Waals surface area contributed by atoms with Crippen LogP contribution in [0.3, 0.4) is 0 Å². The Labute approximate surface area is 378 Å². The normalized spacial score (nSPS) is 13.5. The van der Waals surface area contributed by atoms with Crippen molar-refractivity contribution < 1.29 is 26.6 Å². The number of rotatable bonds is 36. The molecule has 0 fully saturated rings. The van der Waals surface area contributed by atoms with E-state index < -0.39 is 17.6 Å². The SMILES string of the molecule is CO[Si](CCCCCCCCCCC(CSSSCC(CCCCCCCCCC[Si](OC)(OC)OC)c1nc2ccccc2s1)c1nc2ccccc2s1)(OC)OC. The monoisotopic (exact) mass is 940 g/mol. The highest BCUT2D eigenvalue weighted by Gasteiger charge is 2.37. The van der Waals surface area contributed by atoms with Crippen molar-refractivity contribution in [2.45, 2.75) is 139 Å². The number of nitrogens with zero attached hydrogens (tertiary/aromatic N) is 2. The first-order chi connectivity index (χ1) is 28.9. The lowest BCUT2D eigenvalue weighted by molar-refractivity contribution is 0.122. The molecular weight excluding hydrogens is 869 g/mol. The summed E-state index contributed by atoms with van der Waals surface area (Å²) in [5, 5.41) is 2.62. The lowest BCUT2D eigenvalue weighted by atomic mass is 10.0. The lowest BCUT2D eigenvalue weighted by Gasteiger charge is -2.24. The third kappa shape index (κ3) is 17.9. The van der Waals surface area contributed by atoms with Gasteiger partial charge in [-0.05, 0) is 59.8 Å². The Kier molecular flexibility index (Phi) is 25.8. The van der Waals surface area contributed by atoms with E-state index in [-0.39, 0.29) is 0 Å². The summed E-state index contributed by atoms with van der Waals surface area (Å²) in [6.07, 6.45) is 22.6. The molecule has 4 rings (SSSR count). The van der Waals surface area contributed by atoms with Gasteiger partial charge in [0.15, 0.2) is 0 Å². The van der Waals surface area contributed by atoms with Crippen LogP contribution in [0.1, 0.15) is 137 Å². The minimum absolute atomic E-state index is 0.494. The molecule has 15 heteroatoms. The number of aromatic nitrogens is 2. The third-order valence-electron chi connectivity index (χ3n) is 11.4. The van der Waals surface area contributed by atoms with Gasteiger partial charge in [0.05, 0.1) is 30.4 Å². The zero-order valence-corrected chi connectivity index (χ0v) is 42.8. The van der Waals surface area contributed by atoms with E-state index in [0.29, 0.717) is 11.8 Å². The predicted octanol–water partition coefficient (Wildman–Crippen LogP) is 14.6. The zero-order valence-electron chi connectivity index (χ0n) is 36.7. The second kappa shape index (κ2) is 29.8. The molecular formula is C44H72N2O6S5Si2. The number of fused-ring (bicyclic) bond motifs is 2. The number of benzene rings is 2. The highest BCUT2D eigenvalue weighted by atomic mass is 33.5. The van der Waals surface area contributed by atoms with Crippen molar-refractivity contribution in [2.24, 2.45) is 0 Å². The van der Waals surface area contributed by atoms with Gasteiger partial charge in [-0.2, -0.15) is 0 Å². The van der Waals surface area contributed by atoms with Crippen LogP contribution in [-0.2, 0) is 26.6 Å². The number of hydrogen-bond donors (Lipinski definition) is 0. The number of para-hydroxylation sites is 2. The Morgan fingerprint density at radius 3 is 1.12 bits per heavy atom. The molecule has 4 aromatic rings. The Balaban J connectivity index is 1.17. The highest BCUT2D eigenvalue weighted by Crippen LogP contribution is 2.43. The average Bonchev–Trinajstić information content (AvgIpc) is 3.91. The first-order valence-electron chi connectivity index (χ1n) is 21.9. The second-order valence-electron chi connectivity index (χ2n) is 15.4. The molecule has 0 saturated heterocycles. The topological polar surface area (TPSA) is 81.2 Å². The molecule has 332 valence electrons. The molecule has 0 amide bonds. The quantitative estimate of drug-likeness (QED) is 0.0248. The molecule has 0 radical (unpaired) electrons. The van der Waals surface area contributed by atoms with Gasteiger partial charge in [0, 0.05) is 78.1 Å². The van der Waals surface area contributed by atoms with Crippen molar-refractivity contribution in [1.29, 1.82) is 0 Å². The number of hydrogen-bond acceptors (Lipinski definition) is 13. The van der Waals surface area contributed by atoms with Crippen LogP contribution in [0.5, 0.6) is 0 Å². The van der Waals surface area contributed by atoms with Gasteiger partial charge in [0.25, 0.3) is 0 Å². The van der Waals surface area contributed by atoms with Crippen molar-refractivity contribution in [3.8, 4) is 0 Å². The Morgan fingerprint density at radius 1 is 0.458 bits per heavy atom. The molecule has 0 aliphatic carbocycles. The predicted molar refractivity (Wildman–Crippen MR) is 264 cm³/mol. The molecule has 0 saturated carbocycles. The molecule has 0 aliphatic rings. The van der Waals surface area contributed by atoms with Crippen molar-refractivity contribution in [2.75, 3.05) is 54.2 Å². The van der Waals surface area contributed by atoms with E-state index in [0.717, 1.165) is 47.5 Å². The maximum Gasteiger partial charge on any atom is 0.500 e. The van der Waals surface area contributed by atoms with Gasteiger partial charge in [0.1, 0.15) is 0 Å². The maximum atomic E-state index is 5.57. The summed E-state index contributed by atoms with van der Waals surface area (Å²) in [4.78, 5) is 10.3. The second-order valence-corrected chi connectivity index (χ2v) is 28.0. The van der Waals surface area contributed by atoms with Gasteiger partial charge >= 0.3 is 17.6 Å². The summed E-state index contributed by atoms with van der Waals surface area (Å²) in [7, 11) is 11.4. The van der Waals surface area contributed by atoms with Gasteiger partial charge in [-0.25, -0.2) is 9.97 Å². The summed E-state index contributed by atoms with van der Waals surface area (Å²) in [6.45, 7) is 0. The Morgan fingerprint density at radius 2 is 0.780 bits per heavy atom. The fraction of sp³-hybridized carbons (Fsp3) is 0.682. The molecule has 0 N–H and O–H groups in total. The molecule has 8 nitrogen and oxygen atoms in total. The van der Waals surface area contributed by atoms with Crippen LogP contribution in [0.15, 0.2) is 48.5 Å². The van der Waals surface area contributed by atoms with Crippen molar-refractivity contribution in [1.82, 2.24) is 9.97 Å². The fourth-order valence-electron chi connectivity index (χ4n) is 7.64. The number of unbranched alkanes of at least 4 members (excludes halogenated alkanes) is 14. The van der Waals surface area contributed by atoms with E-state index in [1.165, 1.54) is 122 Å². The van der Waals surface area contributed by atoms with Gasteiger partial charge in [0.2, 0.25) is 0 Å². The molecule has 2 atom stereocenters. The molecule has 2 aromatic carbocycles. The third-order valence-corrected chi connectivity index (χ3v) is 23.8. The average molecular weight is 942 g/mol. The first-order valence-corrected chi connectivity index (χ1v) is 31.2. The fourth-order valence-corrected chi connectivity index (χ4v) is 17.9. The van der Waals surface area contributed by atoms with E-state index in [2.05, 4.69) is 48.5 Å². The lowest BCUT2D eigenvalue weighted by Crippen LogP contribution is -2.42. The standard InChI is InChI=1S/C44H72N2O6S5Si2/c1-47-58(48-2,49-3)33-25-17-13-9-7-11-15-19-27-37(43-45-39-29-21-23-31-41(39)55-43)35-53-57-54-36-38(44-46-40-30-22-24-32-42(40)56-44)28-20-16-12-8-10-14-18-26-34-59(50-4,51-5)52-6/h21-24,29-32,37-38H,7-20,25-28,33-36H2,1-6H3. The molecule has 0 spiro atoms. The minimum Gasteiger partial charge on any atom is -0.377 e. The van der Waals surface area contributed by atoms with Crippen LogP contribution in [0.4, 0.5) is 0 Å². The van der Waals surface area contributed by atoms with Crippen LogP contribution in [0.2, 0.25) is 12.1 Å². The van der Waals surface area contributed by atoms with Crippen LogP contribution < -0.4 is 0 Å². The largest absolute Gasteiger partial charge is 0.500 e. The summed E-state index contributed by atoms with van der Waals surface area (Å²) in [5.74, 6) is 3.20. The van der Waals surface area contributed by atoms with Gasteiger partial charge in [-0.15, -0.1) is 22.7 Å². The van der Waals surface area contributed by atoms with Crippen LogP contribution in [0, 0.1) is 0 Å². The van der Waals surface area contributed by atoms with Crippen molar-refractivity contribution in [3.05, 3.63) is 58.5 Å². The maximum absolute atomic E-state index is 5.57. The van der Waals surface area contributed by atoms with E-state index >= 15 is 0 Å². The Hall–Kier alpha value is -0.536. The van der Waals surface area contributed by atoms with E-state index in [4.69, 9.17) is 36.5 Å². The van der Waals surface area contributed by atoms with Crippen LogP contribution >= 0.6 is 54.1 Å². The molecule has 2 aromatic heterocycles. The molecule has 0 bridgehead atoms. The van der Waals surface area contributed by atoms with Crippen molar-refractivity contribution >= 4 is 92.1 Å². The summed E-state index contributed by atoms with van der Waals surface area (Å²) in [6, 6.07) is 19.0. The summed E-state index contributed by atoms with van der Waals surface area (Å²) in [5.41, 5.74) is 2.29. The molecule has 2 unspecified atom stereocenters. The zero-order chi connectivity index (χ0) is 42.0. The minimum atomic E-state index is -2.43. The van der Waals surface area contributed by atoms with Crippen LogP contribution in [0.25, 0.3) is 20.4 Å². The first kappa shape index (κ1) is 51.1. The van der Waals surface area contributed by atoms with Crippen LogP contribution in [-0.4, -0.2) is 81.7 Å². The van der Waals surface area contributed by atoms with Gasteiger partial charge in [-0.3, -0.25) is 0 Å².